The van der Waals surface area contributed by atoms with Gasteiger partial charge in [-0.05, 0) is 43.3 Å². The number of amides is 1. The highest BCUT2D eigenvalue weighted by molar-refractivity contribution is 6.33. The van der Waals surface area contributed by atoms with Gasteiger partial charge in [0.1, 0.15) is 0 Å². The van der Waals surface area contributed by atoms with Crippen LogP contribution in [0, 0.1) is 0 Å². The molecule has 1 amide bonds. The summed E-state index contributed by atoms with van der Waals surface area (Å²) in [6, 6.07) is 13.0. The van der Waals surface area contributed by atoms with Crippen molar-refractivity contribution in [2.45, 2.75) is 13.0 Å². The van der Waals surface area contributed by atoms with E-state index in [-0.39, 0.29) is 0 Å². The molecule has 114 valence electrons. The van der Waals surface area contributed by atoms with Gasteiger partial charge in [-0.15, -0.1) is 0 Å². The topological polar surface area (TPSA) is 55.4 Å². The van der Waals surface area contributed by atoms with Gasteiger partial charge in [-0.2, -0.15) is 0 Å². The Kier molecular flexibility index (Phi) is 5.41. The number of rotatable bonds is 4. The van der Waals surface area contributed by atoms with Crippen LogP contribution >= 0.6 is 23.2 Å². The number of hydrogen-bond donors (Lipinski definition) is 1. The molecule has 2 aromatic carbocycles. The third-order valence-electron chi connectivity index (χ3n) is 2.86. The first kappa shape index (κ1) is 16.3. The molecule has 0 aliphatic carbocycles. The molecule has 0 radical (unpaired) electrons. The van der Waals surface area contributed by atoms with Crippen molar-refractivity contribution in [3.8, 4) is 0 Å². The highest BCUT2D eigenvalue weighted by Gasteiger charge is 2.19. The Morgan fingerprint density at radius 3 is 2.32 bits per heavy atom. The number of para-hydroxylation sites is 1. The van der Waals surface area contributed by atoms with Gasteiger partial charge in [0.05, 0.1) is 16.3 Å². The van der Waals surface area contributed by atoms with Crippen LogP contribution in [-0.2, 0) is 9.53 Å². The Morgan fingerprint density at radius 1 is 1.05 bits per heavy atom. The van der Waals surface area contributed by atoms with E-state index in [1.807, 2.05) is 0 Å². The van der Waals surface area contributed by atoms with Crippen LogP contribution in [-0.4, -0.2) is 18.0 Å². The average molecular weight is 338 g/mol. The fourth-order valence-corrected chi connectivity index (χ4v) is 1.97. The van der Waals surface area contributed by atoms with Crippen molar-refractivity contribution >= 4 is 40.8 Å². The predicted octanol–water partition coefficient (Wildman–Crippen LogP) is 4.18. The Balaban J connectivity index is 1.98. The Bertz CT molecular complexity index is 686. The molecular formula is C16H13Cl2NO3. The summed E-state index contributed by atoms with van der Waals surface area (Å²) in [4.78, 5) is 23.9. The van der Waals surface area contributed by atoms with Gasteiger partial charge in [0.25, 0.3) is 5.91 Å². The molecule has 0 saturated heterocycles. The fraction of sp³-hybridized carbons (Fsp3) is 0.125. The third kappa shape index (κ3) is 4.23. The monoisotopic (exact) mass is 337 g/mol. The van der Waals surface area contributed by atoms with Crippen LogP contribution in [0.5, 0.6) is 0 Å². The number of nitrogens with one attached hydrogen (secondary N) is 1. The second-order valence-electron chi connectivity index (χ2n) is 4.52. The molecule has 1 atom stereocenters. The minimum atomic E-state index is -0.959. The summed E-state index contributed by atoms with van der Waals surface area (Å²) >= 11 is 11.7. The summed E-state index contributed by atoms with van der Waals surface area (Å²) in [5.74, 6) is -1.06. The zero-order valence-electron chi connectivity index (χ0n) is 11.7. The summed E-state index contributed by atoms with van der Waals surface area (Å²) in [6.45, 7) is 1.49. The minimum Gasteiger partial charge on any atom is -0.449 e. The van der Waals surface area contributed by atoms with Crippen LogP contribution in [0.3, 0.4) is 0 Å². The van der Waals surface area contributed by atoms with Gasteiger partial charge in [0.15, 0.2) is 6.10 Å². The lowest BCUT2D eigenvalue weighted by Gasteiger charge is -2.14. The lowest BCUT2D eigenvalue weighted by atomic mass is 10.2. The van der Waals surface area contributed by atoms with E-state index in [9.17, 15) is 9.59 Å². The lowest BCUT2D eigenvalue weighted by Crippen LogP contribution is -2.30. The lowest BCUT2D eigenvalue weighted by molar-refractivity contribution is -0.123. The zero-order valence-corrected chi connectivity index (χ0v) is 13.2. The van der Waals surface area contributed by atoms with E-state index >= 15 is 0 Å². The molecule has 0 unspecified atom stereocenters. The molecule has 0 bridgehead atoms. The Labute approximate surface area is 138 Å². The van der Waals surface area contributed by atoms with Gasteiger partial charge < -0.3 is 10.1 Å². The quantitative estimate of drug-likeness (QED) is 0.851. The number of carbonyl (C=O) groups excluding carboxylic acids is 2. The number of benzene rings is 2. The molecule has 2 aromatic rings. The van der Waals surface area contributed by atoms with Crippen molar-refractivity contribution in [3.63, 3.8) is 0 Å². The summed E-state index contributed by atoms with van der Waals surface area (Å²) < 4.78 is 5.11. The van der Waals surface area contributed by atoms with Crippen LogP contribution in [0.2, 0.25) is 10.0 Å². The number of hydrogen-bond acceptors (Lipinski definition) is 3. The van der Waals surface area contributed by atoms with Gasteiger partial charge in [-0.1, -0.05) is 35.3 Å². The van der Waals surface area contributed by atoms with E-state index < -0.39 is 18.0 Å². The largest absolute Gasteiger partial charge is 0.449 e. The molecule has 1 N–H and O–H groups in total. The second-order valence-corrected chi connectivity index (χ2v) is 5.37. The van der Waals surface area contributed by atoms with Crippen molar-refractivity contribution in [1.82, 2.24) is 0 Å². The highest BCUT2D eigenvalue weighted by atomic mass is 35.5. The molecule has 0 spiro atoms. The smallest absolute Gasteiger partial charge is 0.338 e. The van der Waals surface area contributed by atoms with Crippen LogP contribution in [0.1, 0.15) is 17.3 Å². The standard InChI is InChI=1S/C16H13Cl2NO3/c1-10(15(20)19-14-5-3-2-4-13(14)18)22-16(21)11-6-8-12(17)9-7-11/h2-10H,1H3,(H,19,20)/t10-/m1/s1. The van der Waals surface area contributed by atoms with Gasteiger partial charge in [0, 0.05) is 5.02 Å². The van der Waals surface area contributed by atoms with E-state index in [4.69, 9.17) is 27.9 Å². The number of anilines is 1. The highest BCUT2D eigenvalue weighted by Crippen LogP contribution is 2.20. The van der Waals surface area contributed by atoms with Crippen LogP contribution in [0.15, 0.2) is 48.5 Å². The molecule has 0 aromatic heterocycles. The molecule has 6 heteroatoms. The molecule has 0 heterocycles. The maximum absolute atomic E-state index is 12.0. The molecule has 0 aliphatic heterocycles. The summed E-state index contributed by atoms with van der Waals surface area (Å²) in [5.41, 5.74) is 0.783. The average Bonchev–Trinajstić information content (AvgIpc) is 2.50. The van der Waals surface area contributed by atoms with Crippen molar-refractivity contribution in [3.05, 3.63) is 64.1 Å². The number of esters is 1. The number of halogens is 2. The number of carbonyl (C=O) groups is 2. The van der Waals surface area contributed by atoms with E-state index in [2.05, 4.69) is 5.32 Å². The minimum absolute atomic E-state index is 0.321. The Hall–Kier alpha value is -2.04. The first-order valence-electron chi connectivity index (χ1n) is 6.49. The van der Waals surface area contributed by atoms with Gasteiger partial charge in [-0.25, -0.2) is 4.79 Å². The van der Waals surface area contributed by atoms with Crippen molar-refractivity contribution in [2.24, 2.45) is 0 Å². The van der Waals surface area contributed by atoms with Gasteiger partial charge in [-0.3, -0.25) is 4.79 Å². The molecule has 2 rings (SSSR count). The van der Waals surface area contributed by atoms with E-state index in [1.165, 1.54) is 19.1 Å². The normalized spacial score (nSPS) is 11.6. The summed E-state index contributed by atoms with van der Waals surface area (Å²) in [5, 5.41) is 3.53. The maximum Gasteiger partial charge on any atom is 0.338 e. The van der Waals surface area contributed by atoms with Crippen molar-refractivity contribution in [1.29, 1.82) is 0 Å². The maximum atomic E-state index is 12.0. The van der Waals surface area contributed by atoms with Gasteiger partial charge in [0.2, 0.25) is 0 Å². The molecule has 0 saturated carbocycles. The van der Waals surface area contributed by atoms with Crippen LogP contribution in [0.4, 0.5) is 5.69 Å². The number of ether oxygens (including phenoxy) is 1. The third-order valence-corrected chi connectivity index (χ3v) is 3.45. The summed E-state index contributed by atoms with van der Waals surface area (Å²) in [7, 11) is 0. The van der Waals surface area contributed by atoms with Crippen molar-refractivity contribution < 1.29 is 14.3 Å². The molecule has 0 aliphatic rings. The molecule has 4 nitrogen and oxygen atoms in total. The molecule has 0 fully saturated rings. The van der Waals surface area contributed by atoms with Gasteiger partial charge >= 0.3 is 5.97 Å². The summed E-state index contributed by atoms with van der Waals surface area (Å²) in [6.07, 6.45) is -0.959. The van der Waals surface area contributed by atoms with Crippen LogP contribution < -0.4 is 5.32 Å². The van der Waals surface area contributed by atoms with Crippen molar-refractivity contribution in [2.75, 3.05) is 5.32 Å². The molecule has 22 heavy (non-hydrogen) atoms. The zero-order chi connectivity index (χ0) is 16.1. The predicted molar refractivity (Wildman–Crippen MR) is 86.4 cm³/mol. The van der Waals surface area contributed by atoms with E-state index in [0.29, 0.717) is 21.3 Å². The molecular weight excluding hydrogens is 325 g/mol. The van der Waals surface area contributed by atoms with E-state index in [1.54, 1.807) is 36.4 Å². The first-order valence-corrected chi connectivity index (χ1v) is 7.25. The Morgan fingerprint density at radius 2 is 1.68 bits per heavy atom. The second kappa shape index (κ2) is 7.29. The van der Waals surface area contributed by atoms with Crippen LogP contribution in [0.25, 0.3) is 0 Å². The first-order chi connectivity index (χ1) is 10.5. The van der Waals surface area contributed by atoms with E-state index in [0.717, 1.165) is 0 Å². The SMILES string of the molecule is C[C@@H](OC(=O)c1ccc(Cl)cc1)C(=O)Nc1ccccc1Cl. The fourth-order valence-electron chi connectivity index (χ4n) is 1.67.